The van der Waals surface area contributed by atoms with E-state index >= 15 is 0 Å². The molecule has 0 spiro atoms. The summed E-state index contributed by atoms with van der Waals surface area (Å²) in [6.07, 6.45) is 4.80. The fourth-order valence-electron chi connectivity index (χ4n) is 2.20. The Morgan fingerprint density at radius 1 is 1.35 bits per heavy atom. The molecule has 1 aliphatic rings. The van der Waals surface area contributed by atoms with Crippen LogP contribution in [-0.2, 0) is 14.3 Å². The zero-order valence-electron chi connectivity index (χ0n) is 12.0. The summed E-state index contributed by atoms with van der Waals surface area (Å²) in [5.41, 5.74) is -1.06. The standard InChI is InChI=1S/C14H23NO5/c1-14(19,7-8-20-2)9-15-12(16)10-5-3-4-6-11(10)13(17)18/h3-4,10-11,19H,5-9H2,1-2H3,(H,15,16)(H,17,18). The molecular weight excluding hydrogens is 262 g/mol. The van der Waals surface area contributed by atoms with Crippen molar-refractivity contribution in [2.75, 3.05) is 20.3 Å². The van der Waals surface area contributed by atoms with Gasteiger partial charge in [-0.25, -0.2) is 0 Å². The fraction of sp³-hybridized carbons (Fsp3) is 0.714. The number of rotatable bonds is 7. The van der Waals surface area contributed by atoms with Crippen LogP contribution < -0.4 is 5.32 Å². The van der Waals surface area contributed by atoms with Gasteiger partial charge in [0.25, 0.3) is 0 Å². The van der Waals surface area contributed by atoms with Crippen molar-refractivity contribution in [2.45, 2.75) is 31.8 Å². The Hall–Kier alpha value is -1.40. The Labute approximate surface area is 118 Å². The van der Waals surface area contributed by atoms with Gasteiger partial charge in [0.05, 0.1) is 17.4 Å². The maximum atomic E-state index is 12.1. The van der Waals surface area contributed by atoms with Crippen molar-refractivity contribution in [3.8, 4) is 0 Å². The molecule has 0 bridgehead atoms. The van der Waals surface area contributed by atoms with Crippen LogP contribution in [0.25, 0.3) is 0 Å². The highest BCUT2D eigenvalue weighted by atomic mass is 16.5. The lowest BCUT2D eigenvalue weighted by molar-refractivity contribution is -0.147. The molecule has 0 fully saturated rings. The molecule has 3 N–H and O–H groups in total. The van der Waals surface area contributed by atoms with E-state index < -0.39 is 23.4 Å². The lowest BCUT2D eigenvalue weighted by Gasteiger charge is -2.27. The Bertz CT molecular complexity index is 378. The first-order valence-electron chi connectivity index (χ1n) is 6.74. The van der Waals surface area contributed by atoms with Crippen LogP contribution in [0.4, 0.5) is 0 Å². The summed E-state index contributed by atoms with van der Waals surface area (Å²) in [4.78, 5) is 23.2. The van der Waals surface area contributed by atoms with Gasteiger partial charge in [-0.15, -0.1) is 0 Å². The van der Waals surface area contributed by atoms with Gasteiger partial charge < -0.3 is 20.3 Å². The Morgan fingerprint density at radius 2 is 1.95 bits per heavy atom. The number of ether oxygens (including phenoxy) is 1. The summed E-state index contributed by atoms with van der Waals surface area (Å²) in [6, 6.07) is 0. The smallest absolute Gasteiger partial charge is 0.307 e. The number of allylic oxidation sites excluding steroid dienone is 2. The van der Waals surface area contributed by atoms with Crippen molar-refractivity contribution in [1.29, 1.82) is 0 Å². The van der Waals surface area contributed by atoms with Crippen molar-refractivity contribution in [3.05, 3.63) is 12.2 Å². The molecule has 3 unspecified atom stereocenters. The summed E-state index contributed by atoms with van der Waals surface area (Å²) in [7, 11) is 1.54. The summed E-state index contributed by atoms with van der Waals surface area (Å²) in [5.74, 6) is -2.54. The molecule has 1 rings (SSSR count). The Morgan fingerprint density at radius 3 is 2.50 bits per heavy atom. The quantitative estimate of drug-likeness (QED) is 0.594. The fourth-order valence-corrected chi connectivity index (χ4v) is 2.20. The molecule has 1 amide bonds. The number of hydrogen-bond acceptors (Lipinski definition) is 4. The van der Waals surface area contributed by atoms with Gasteiger partial charge in [0, 0.05) is 26.7 Å². The van der Waals surface area contributed by atoms with Crippen LogP contribution in [0.2, 0.25) is 0 Å². The molecule has 20 heavy (non-hydrogen) atoms. The normalized spacial score (nSPS) is 24.9. The average Bonchev–Trinajstić information content (AvgIpc) is 2.42. The Balaban J connectivity index is 2.53. The molecule has 0 radical (unpaired) electrons. The first-order valence-corrected chi connectivity index (χ1v) is 6.74. The van der Waals surface area contributed by atoms with E-state index in [-0.39, 0.29) is 12.5 Å². The molecule has 1 aliphatic carbocycles. The maximum absolute atomic E-state index is 12.1. The average molecular weight is 285 g/mol. The van der Waals surface area contributed by atoms with Crippen molar-refractivity contribution >= 4 is 11.9 Å². The zero-order chi connectivity index (χ0) is 15.2. The van der Waals surface area contributed by atoms with Crippen LogP contribution in [0.5, 0.6) is 0 Å². The molecule has 6 heteroatoms. The van der Waals surface area contributed by atoms with E-state index in [1.807, 2.05) is 6.08 Å². The number of aliphatic hydroxyl groups is 1. The monoisotopic (exact) mass is 285 g/mol. The molecule has 3 atom stereocenters. The van der Waals surface area contributed by atoms with E-state index in [2.05, 4.69) is 5.32 Å². The number of hydrogen-bond donors (Lipinski definition) is 3. The number of aliphatic carboxylic acids is 1. The predicted octanol–water partition coefficient (Wildman–Crippen LogP) is 0.557. The van der Waals surface area contributed by atoms with Crippen molar-refractivity contribution in [2.24, 2.45) is 11.8 Å². The number of carboxylic acids is 1. The number of carbonyl (C=O) groups is 2. The molecule has 0 aromatic carbocycles. The molecule has 0 heterocycles. The zero-order valence-corrected chi connectivity index (χ0v) is 12.0. The van der Waals surface area contributed by atoms with E-state index in [0.717, 1.165) is 0 Å². The van der Waals surface area contributed by atoms with Gasteiger partial charge in [-0.05, 0) is 19.8 Å². The first-order chi connectivity index (χ1) is 9.37. The van der Waals surface area contributed by atoms with Crippen LogP contribution in [0, 0.1) is 11.8 Å². The second-order valence-electron chi connectivity index (χ2n) is 5.45. The van der Waals surface area contributed by atoms with E-state index in [1.54, 1.807) is 20.1 Å². The van der Waals surface area contributed by atoms with E-state index in [1.165, 1.54) is 0 Å². The van der Waals surface area contributed by atoms with Crippen molar-refractivity contribution in [3.63, 3.8) is 0 Å². The molecule has 6 nitrogen and oxygen atoms in total. The highest BCUT2D eigenvalue weighted by Gasteiger charge is 2.34. The highest BCUT2D eigenvalue weighted by molar-refractivity contribution is 5.85. The minimum Gasteiger partial charge on any atom is -0.481 e. The van der Waals surface area contributed by atoms with Crippen LogP contribution in [-0.4, -0.2) is 48.0 Å². The van der Waals surface area contributed by atoms with E-state index in [0.29, 0.717) is 25.9 Å². The second-order valence-corrected chi connectivity index (χ2v) is 5.45. The van der Waals surface area contributed by atoms with Crippen molar-refractivity contribution < 1.29 is 24.5 Å². The van der Waals surface area contributed by atoms with E-state index in [4.69, 9.17) is 9.84 Å². The second kappa shape index (κ2) is 7.40. The summed E-state index contributed by atoms with van der Waals surface area (Å²) < 4.78 is 4.89. The number of carbonyl (C=O) groups excluding carboxylic acids is 1. The van der Waals surface area contributed by atoms with Crippen LogP contribution in [0.1, 0.15) is 26.2 Å². The van der Waals surface area contributed by atoms with E-state index in [9.17, 15) is 14.7 Å². The molecule has 0 aliphatic heterocycles. The van der Waals surface area contributed by atoms with Gasteiger partial charge >= 0.3 is 5.97 Å². The molecule has 0 saturated heterocycles. The topological polar surface area (TPSA) is 95.9 Å². The Kier molecular flexibility index (Phi) is 6.16. The van der Waals surface area contributed by atoms with Crippen LogP contribution in [0.3, 0.4) is 0 Å². The van der Waals surface area contributed by atoms with Gasteiger partial charge in [-0.3, -0.25) is 9.59 Å². The van der Waals surface area contributed by atoms with Gasteiger partial charge in [-0.2, -0.15) is 0 Å². The minimum absolute atomic E-state index is 0.0851. The molecule has 114 valence electrons. The third kappa shape index (κ3) is 4.94. The van der Waals surface area contributed by atoms with Gasteiger partial charge in [0.2, 0.25) is 5.91 Å². The van der Waals surface area contributed by atoms with Crippen LogP contribution >= 0.6 is 0 Å². The molecule has 0 aromatic rings. The number of carboxylic acid groups (broad SMARTS) is 1. The lowest BCUT2D eigenvalue weighted by atomic mass is 9.82. The largest absolute Gasteiger partial charge is 0.481 e. The summed E-state index contributed by atoms with van der Waals surface area (Å²) in [6.45, 7) is 2.09. The third-order valence-electron chi connectivity index (χ3n) is 3.57. The molecular formula is C14H23NO5. The lowest BCUT2D eigenvalue weighted by Crippen LogP contribution is -2.45. The van der Waals surface area contributed by atoms with Gasteiger partial charge in [0.1, 0.15) is 0 Å². The summed E-state index contributed by atoms with van der Waals surface area (Å²) >= 11 is 0. The predicted molar refractivity (Wildman–Crippen MR) is 73.1 cm³/mol. The first kappa shape index (κ1) is 16.7. The SMILES string of the molecule is COCCC(C)(O)CNC(=O)C1CC=CCC1C(=O)O. The number of methoxy groups -OCH3 is 1. The van der Waals surface area contributed by atoms with Gasteiger partial charge in [-0.1, -0.05) is 12.2 Å². The number of nitrogens with one attached hydrogen (secondary N) is 1. The minimum atomic E-state index is -1.06. The van der Waals surface area contributed by atoms with Crippen LogP contribution in [0.15, 0.2) is 12.2 Å². The van der Waals surface area contributed by atoms with Gasteiger partial charge in [0.15, 0.2) is 0 Å². The highest BCUT2D eigenvalue weighted by Crippen LogP contribution is 2.26. The molecule has 0 aromatic heterocycles. The van der Waals surface area contributed by atoms with Crippen molar-refractivity contribution in [1.82, 2.24) is 5.32 Å². The summed E-state index contributed by atoms with van der Waals surface area (Å²) in [5, 5.41) is 21.8. The number of amides is 1. The molecule has 0 saturated carbocycles. The maximum Gasteiger partial charge on any atom is 0.307 e. The third-order valence-corrected chi connectivity index (χ3v) is 3.57.